The van der Waals surface area contributed by atoms with Crippen LogP contribution in [-0.2, 0) is 6.42 Å². The Labute approximate surface area is 141 Å². The van der Waals surface area contributed by atoms with Crippen LogP contribution in [0, 0.1) is 13.8 Å². The summed E-state index contributed by atoms with van der Waals surface area (Å²) in [6, 6.07) is 7.81. The second-order valence-corrected chi connectivity index (χ2v) is 6.08. The lowest BCUT2D eigenvalue weighted by Crippen LogP contribution is -2.22. The van der Waals surface area contributed by atoms with Crippen LogP contribution in [0.1, 0.15) is 36.7 Å². The molecule has 0 aliphatic carbocycles. The average molecular weight is 325 g/mol. The zero-order valence-electron chi connectivity index (χ0n) is 14.6. The van der Waals surface area contributed by atoms with Gasteiger partial charge in [0, 0.05) is 22.5 Å². The molecule has 2 aromatic heterocycles. The number of aryl methyl sites for hydroxylation is 2. The minimum atomic E-state index is 0.00816. The predicted molar refractivity (Wildman–Crippen MR) is 95.9 cm³/mol. The maximum absolute atomic E-state index is 12.8. The number of nitrogens with one attached hydrogen (secondary N) is 1. The molecule has 0 saturated heterocycles. The molecule has 3 aromatic rings. The van der Waals surface area contributed by atoms with Gasteiger partial charge < -0.3 is 4.74 Å². The zero-order valence-corrected chi connectivity index (χ0v) is 14.6. The molecule has 126 valence electrons. The molecule has 0 bridgehead atoms. The standard InChI is InChI=1S/C19H23N3O2/c1-5-6-7-16-12(2)20-18-17(13(3)21-22(18)19(16)23)14-8-10-15(24-4)11-9-14/h8-11,21H,5-7H2,1-4H3. The van der Waals surface area contributed by atoms with Gasteiger partial charge in [-0.2, -0.15) is 0 Å². The van der Waals surface area contributed by atoms with Crippen LogP contribution in [0.3, 0.4) is 0 Å². The Bertz CT molecular complexity index is 920. The van der Waals surface area contributed by atoms with Crippen LogP contribution in [0.5, 0.6) is 5.75 Å². The van der Waals surface area contributed by atoms with Crippen LogP contribution < -0.4 is 10.3 Å². The Morgan fingerprint density at radius 3 is 2.54 bits per heavy atom. The second-order valence-electron chi connectivity index (χ2n) is 6.08. The molecule has 0 aliphatic heterocycles. The Balaban J connectivity index is 2.19. The highest BCUT2D eigenvalue weighted by atomic mass is 16.5. The van der Waals surface area contributed by atoms with E-state index in [1.165, 1.54) is 0 Å². The van der Waals surface area contributed by atoms with Crippen LogP contribution in [0.2, 0.25) is 0 Å². The Morgan fingerprint density at radius 1 is 1.21 bits per heavy atom. The van der Waals surface area contributed by atoms with E-state index < -0.39 is 0 Å². The lowest BCUT2D eigenvalue weighted by Gasteiger charge is -2.06. The van der Waals surface area contributed by atoms with Gasteiger partial charge in [0.1, 0.15) is 5.75 Å². The van der Waals surface area contributed by atoms with E-state index in [4.69, 9.17) is 9.72 Å². The minimum absolute atomic E-state index is 0.00816. The number of hydrogen-bond acceptors (Lipinski definition) is 3. The molecule has 0 saturated carbocycles. The molecular formula is C19H23N3O2. The summed E-state index contributed by atoms with van der Waals surface area (Å²) in [5, 5.41) is 3.18. The lowest BCUT2D eigenvalue weighted by molar-refractivity contribution is 0.415. The summed E-state index contributed by atoms with van der Waals surface area (Å²) in [7, 11) is 1.65. The molecular weight excluding hydrogens is 302 g/mol. The Morgan fingerprint density at radius 2 is 1.92 bits per heavy atom. The van der Waals surface area contributed by atoms with Gasteiger partial charge in [-0.3, -0.25) is 9.89 Å². The fourth-order valence-electron chi connectivity index (χ4n) is 3.07. The number of aromatic nitrogens is 3. The third-order valence-electron chi connectivity index (χ3n) is 4.42. The Hall–Kier alpha value is -2.56. The highest BCUT2D eigenvalue weighted by molar-refractivity contribution is 5.80. The van der Waals surface area contributed by atoms with Crippen molar-refractivity contribution in [3.8, 4) is 16.9 Å². The molecule has 3 rings (SSSR count). The van der Waals surface area contributed by atoms with Gasteiger partial charge in [-0.1, -0.05) is 25.5 Å². The molecule has 0 fully saturated rings. The van der Waals surface area contributed by atoms with Gasteiger partial charge in [-0.15, -0.1) is 0 Å². The summed E-state index contributed by atoms with van der Waals surface area (Å²) in [5.74, 6) is 0.805. The van der Waals surface area contributed by atoms with Crippen molar-refractivity contribution in [2.75, 3.05) is 7.11 Å². The first-order valence-corrected chi connectivity index (χ1v) is 8.32. The van der Waals surface area contributed by atoms with Gasteiger partial charge in [0.25, 0.3) is 5.56 Å². The first kappa shape index (κ1) is 16.3. The van der Waals surface area contributed by atoms with E-state index in [0.29, 0.717) is 5.65 Å². The number of aromatic amines is 1. The van der Waals surface area contributed by atoms with Crippen molar-refractivity contribution < 1.29 is 4.74 Å². The molecule has 0 aliphatic rings. The van der Waals surface area contributed by atoms with Crippen LogP contribution in [-0.4, -0.2) is 21.7 Å². The number of methoxy groups -OCH3 is 1. The van der Waals surface area contributed by atoms with Crippen LogP contribution in [0.15, 0.2) is 29.1 Å². The highest BCUT2D eigenvalue weighted by Gasteiger charge is 2.17. The Kier molecular flexibility index (Phi) is 4.42. The number of H-pyrrole nitrogens is 1. The van der Waals surface area contributed by atoms with E-state index >= 15 is 0 Å². The smallest absolute Gasteiger partial charge is 0.276 e. The number of ether oxygens (including phenoxy) is 1. The largest absolute Gasteiger partial charge is 0.497 e. The van der Waals surface area contributed by atoms with Gasteiger partial charge in [-0.05, 0) is 44.4 Å². The van der Waals surface area contributed by atoms with Crippen LogP contribution in [0.25, 0.3) is 16.8 Å². The highest BCUT2D eigenvalue weighted by Crippen LogP contribution is 2.28. The first-order valence-electron chi connectivity index (χ1n) is 8.32. The molecule has 5 heteroatoms. The van der Waals surface area contributed by atoms with Crippen molar-refractivity contribution in [2.45, 2.75) is 40.0 Å². The molecule has 5 nitrogen and oxygen atoms in total. The number of benzene rings is 1. The summed E-state index contributed by atoms with van der Waals surface area (Å²) in [4.78, 5) is 17.6. The van der Waals surface area contributed by atoms with Gasteiger partial charge in [0.05, 0.1) is 7.11 Å². The predicted octanol–water partition coefficient (Wildman–Crippen LogP) is 3.66. The van der Waals surface area contributed by atoms with E-state index in [1.807, 2.05) is 38.1 Å². The fourth-order valence-corrected chi connectivity index (χ4v) is 3.07. The van der Waals surface area contributed by atoms with Crippen molar-refractivity contribution in [1.82, 2.24) is 14.6 Å². The zero-order chi connectivity index (χ0) is 17.3. The van der Waals surface area contributed by atoms with Gasteiger partial charge in [0.2, 0.25) is 0 Å². The number of nitrogens with zero attached hydrogens (tertiary/aromatic N) is 2. The normalized spacial score (nSPS) is 11.2. The summed E-state index contributed by atoms with van der Waals surface area (Å²) >= 11 is 0. The number of rotatable bonds is 5. The molecule has 0 amide bonds. The number of hydrogen-bond donors (Lipinski definition) is 1. The second kappa shape index (κ2) is 6.51. The maximum Gasteiger partial charge on any atom is 0.276 e. The molecule has 0 radical (unpaired) electrons. The number of unbranched alkanes of at least 4 members (excludes halogenated alkanes) is 1. The SMILES string of the molecule is CCCCc1c(C)nc2c(-c3ccc(OC)cc3)c(C)[nH]n2c1=O. The van der Waals surface area contributed by atoms with E-state index in [9.17, 15) is 4.79 Å². The van der Waals surface area contributed by atoms with E-state index in [2.05, 4.69) is 12.0 Å². The van der Waals surface area contributed by atoms with Crippen LogP contribution in [0.4, 0.5) is 0 Å². The van der Waals surface area contributed by atoms with E-state index in [1.54, 1.807) is 11.6 Å². The lowest BCUT2D eigenvalue weighted by atomic mass is 10.1. The third kappa shape index (κ3) is 2.70. The topological polar surface area (TPSA) is 59.4 Å². The molecule has 24 heavy (non-hydrogen) atoms. The monoisotopic (exact) mass is 325 g/mol. The van der Waals surface area contributed by atoms with Crippen LogP contribution >= 0.6 is 0 Å². The first-order chi connectivity index (χ1) is 11.6. The van der Waals surface area contributed by atoms with Gasteiger partial charge >= 0.3 is 0 Å². The number of fused-ring (bicyclic) bond motifs is 1. The molecule has 1 aromatic carbocycles. The molecule has 0 unspecified atom stereocenters. The van der Waals surface area contributed by atoms with Crippen molar-refractivity contribution in [3.63, 3.8) is 0 Å². The van der Waals surface area contributed by atoms with E-state index in [-0.39, 0.29) is 5.56 Å². The van der Waals surface area contributed by atoms with E-state index in [0.717, 1.165) is 53.1 Å². The third-order valence-corrected chi connectivity index (χ3v) is 4.42. The summed E-state index contributed by atoms with van der Waals surface area (Å²) < 4.78 is 6.79. The summed E-state index contributed by atoms with van der Waals surface area (Å²) in [6.07, 6.45) is 2.82. The minimum Gasteiger partial charge on any atom is -0.497 e. The summed E-state index contributed by atoms with van der Waals surface area (Å²) in [5.41, 5.74) is 5.21. The average Bonchev–Trinajstić information content (AvgIpc) is 2.91. The molecule has 0 atom stereocenters. The van der Waals surface area contributed by atoms with Crippen molar-refractivity contribution in [1.29, 1.82) is 0 Å². The van der Waals surface area contributed by atoms with Gasteiger partial charge in [-0.25, -0.2) is 9.50 Å². The van der Waals surface area contributed by atoms with Crippen molar-refractivity contribution >= 4 is 5.65 Å². The van der Waals surface area contributed by atoms with Crippen molar-refractivity contribution in [2.24, 2.45) is 0 Å². The van der Waals surface area contributed by atoms with Gasteiger partial charge in [0.15, 0.2) is 5.65 Å². The maximum atomic E-state index is 12.8. The molecule has 0 spiro atoms. The summed E-state index contributed by atoms with van der Waals surface area (Å²) in [6.45, 7) is 6.01. The molecule has 1 N–H and O–H groups in total. The quantitative estimate of drug-likeness (QED) is 0.779. The van der Waals surface area contributed by atoms with Crippen molar-refractivity contribution in [3.05, 3.63) is 51.6 Å². The fraction of sp³-hybridized carbons (Fsp3) is 0.368. The molecule has 2 heterocycles.